The van der Waals surface area contributed by atoms with Crippen LogP contribution < -0.4 is 21.0 Å². The predicted molar refractivity (Wildman–Crippen MR) is 161 cm³/mol. The van der Waals surface area contributed by atoms with Gasteiger partial charge in [0.15, 0.2) is 0 Å². The van der Waals surface area contributed by atoms with E-state index in [9.17, 15) is 35.1 Å². The van der Waals surface area contributed by atoms with Gasteiger partial charge in [-0.05, 0) is 62.6 Å². The maximum absolute atomic E-state index is 12.2. The molecule has 0 aliphatic carbocycles. The van der Waals surface area contributed by atoms with Crippen LogP contribution in [0, 0.1) is 6.92 Å². The number of hydrogen-bond donors (Lipinski definition) is 0. The van der Waals surface area contributed by atoms with Crippen molar-refractivity contribution in [2.45, 2.75) is 40.5 Å². The second-order valence-electron chi connectivity index (χ2n) is 9.54. The summed E-state index contributed by atoms with van der Waals surface area (Å²) in [5, 5.41) is 15.6. The molecule has 230 valence electrons. The molecule has 4 aromatic rings. The molecule has 4 aromatic carbocycles. The van der Waals surface area contributed by atoms with Crippen molar-refractivity contribution >= 4 is 37.4 Å². The zero-order valence-corrected chi connectivity index (χ0v) is 27.5. The number of aryl methyl sites for hydroxylation is 1. The third-order valence-electron chi connectivity index (χ3n) is 5.03. The molecule has 0 N–H and O–H groups in total. The Hall–Kier alpha value is -2.59. The first-order chi connectivity index (χ1) is 18.7. The minimum absolute atomic E-state index is 0. The summed E-state index contributed by atoms with van der Waals surface area (Å²) in [6.07, 6.45) is 0. The molecule has 4 rings (SSSR count). The molecule has 0 saturated heterocycles. The number of hydrogen-bond acceptors (Lipinski definition) is 2. The van der Waals surface area contributed by atoms with E-state index in [1.54, 1.807) is 12.1 Å². The molecule has 0 aliphatic rings. The molecule has 0 amide bonds. The summed E-state index contributed by atoms with van der Waals surface area (Å²) in [7, 11) is -11.9. The van der Waals surface area contributed by atoms with Crippen LogP contribution in [0.3, 0.4) is 0 Å². The van der Waals surface area contributed by atoms with Crippen LogP contribution in [0.25, 0.3) is 0 Å². The van der Waals surface area contributed by atoms with Gasteiger partial charge in [-0.3, -0.25) is 0 Å². The van der Waals surface area contributed by atoms with E-state index in [2.05, 4.69) is 69.3 Å². The standard InChI is InChI=1S/C18H15OP.C10H14.C3H6O.F6P.Ru/c19-17-13-7-8-14-18(17)20(15-9-3-1-4-10-15)16-11-5-2-6-12-16;1-8(2)10-6-4-9(3)5-7-10;1-3(2)4;1-7(2,3,4,5)6;/h1-14,19H;4-8H,1-3H3;1-2H3;;/q;;;-1;+2. The smallest absolute Gasteiger partial charge is 0.870 e. The summed E-state index contributed by atoms with van der Waals surface area (Å²) in [5.74, 6) is 0.953. The first-order valence-corrected chi connectivity index (χ1v) is 16.1. The van der Waals surface area contributed by atoms with Crippen molar-refractivity contribution in [2.24, 2.45) is 0 Å². The van der Waals surface area contributed by atoms with Crippen LogP contribution in [-0.2, 0) is 24.3 Å². The summed E-state index contributed by atoms with van der Waals surface area (Å²) in [6.45, 7) is 9.60. The molecular formula is C31H35F6O2P2Ru+. The zero-order valence-electron chi connectivity index (χ0n) is 23.9. The van der Waals surface area contributed by atoms with Gasteiger partial charge in [0.1, 0.15) is 16.4 Å². The van der Waals surface area contributed by atoms with E-state index in [1.165, 1.54) is 35.6 Å². The van der Waals surface area contributed by atoms with Crippen LogP contribution in [0.4, 0.5) is 25.2 Å². The number of benzene rings is 4. The Kier molecular flexibility index (Phi) is 15.3. The molecule has 42 heavy (non-hydrogen) atoms. The second-order valence-corrected chi connectivity index (χ2v) is 13.9. The van der Waals surface area contributed by atoms with Crippen molar-refractivity contribution in [1.82, 2.24) is 0 Å². The molecule has 0 radical (unpaired) electrons. The van der Waals surface area contributed by atoms with E-state index in [-0.39, 0.29) is 31.0 Å². The third-order valence-corrected chi connectivity index (χ3v) is 7.80. The first kappa shape index (κ1) is 39.4. The van der Waals surface area contributed by atoms with Crippen molar-refractivity contribution in [2.75, 3.05) is 0 Å². The van der Waals surface area contributed by atoms with E-state index in [4.69, 9.17) is 0 Å². The van der Waals surface area contributed by atoms with Gasteiger partial charge in [0.2, 0.25) is 0 Å². The molecule has 0 aromatic heterocycles. The molecule has 0 aliphatic heterocycles. The molecular weight excluding hydrogens is 681 g/mol. The number of Topliss-reactive ketones (excluding diaryl/α,β-unsaturated/α-hetero) is 1. The average Bonchev–Trinajstić information content (AvgIpc) is 2.85. The van der Waals surface area contributed by atoms with Gasteiger partial charge in [0.25, 0.3) is 0 Å². The second kappa shape index (κ2) is 16.3. The summed E-state index contributed by atoms with van der Waals surface area (Å²) in [5.41, 5.74) is 2.76. The van der Waals surface area contributed by atoms with Crippen LogP contribution in [-0.4, -0.2) is 5.78 Å². The Labute approximate surface area is 257 Å². The summed E-state index contributed by atoms with van der Waals surface area (Å²) in [4.78, 5) is 9.44. The molecule has 0 spiro atoms. The molecule has 0 bridgehead atoms. The van der Waals surface area contributed by atoms with Crippen molar-refractivity contribution in [1.29, 1.82) is 0 Å². The molecule has 0 saturated carbocycles. The minimum atomic E-state index is -10.7. The normalized spacial score (nSPS) is 12.0. The van der Waals surface area contributed by atoms with Crippen LogP contribution in [0.1, 0.15) is 44.7 Å². The van der Waals surface area contributed by atoms with Gasteiger partial charge in [-0.1, -0.05) is 104 Å². The monoisotopic (exact) mass is 717 g/mol. The van der Waals surface area contributed by atoms with Crippen molar-refractivity contribution in [3.8, 4) is 5.75 Å². The zero-order chi connectivity index (χ0) is 31.3. The van der Waals surface area contributed by atoms with Crippen LogP contribution in [0.15, 0.2) is 109 Å². The molecule has 0 atom stereocenters. The molecule has 11 heteroatoms. The summed E-state index contributed by atoms with van der Waals surface area (Å²) in [6, 6.07) is 36.7. The fraction of sp³-hybridized carbons (Fsp3) is 0.194. The summed E-state index contributed by atoms with van der Waals surface area (Å²) >= 11 is 0. The largest absolute Gasteiger partial charge is 2.00 e. The average molecular weight is 717 g/mol. The Morgan fingerprint density at radius 1 is 0.667 bits per heavy atom. The number of halogens is 6. The Bertz CT molecular complexity index is 1300. The number of rotatable bonds is 4. The van der Waals surface area contributed by atoms with Crippen LogP contribution in [0.2, 0.25) is 0 Å². The van der Waals surface area contributed by atoms with Crippen LogP contribution in [0.5, 0.6) is 5.75 Å². The predicted octanol–water partition coefficient (Wildman–Crippen LogP) is 9.34. The van der Waals surface area contributed by atoms with Crippen LogP contribution >= 0.6 is 15.7 Å². The number of para-hydroxylation sites is 1. The number of carbonyl (C=O) groups is 1. The third kappa shape index (κ3) is 19.5. The summed E-state index contributed by atoms with van der Waals surface area (Å²) < 4.78 is 59.2. The van der Waals surface area contributed by atoms with E-state index in [0.29, 0.717) is 5.92 Å². The van der Waals surface area contributed by atoms with E-state index in [0.717, 1.165) is 5.30 Å². The van der Waals surface area contributed by atoms with Gasteiger partial charge >= 0.3 is 52.5 Å². The maximum atomic E-state index is 12.2. The Balaban J connectivity index is 0.000000641. The topological polar surface area (TPSA) is 40.1 Å². The molecule has 0 heterocycles. The Morgan fingerprint density at radius 3 is 1.33 bits per heavy atom. The fourth-order valence-corrected chi connectivity index (χ4v) is 5.91. The van der Waals surface area contributed by atoms with Gasteiger partial charge in [-0.15, -0.1) is 0 Å². The van der Waals surface area contributed by atoms with Crippen molar-refractivity contribution in [3.63, 3.8) is 0 Å². The van der Waals surface area contributed by atoms with Gasteiger partial charge in [0.05, 0.1) is 13.2 Å². The number of ketones is 1. The molecule has 2 nitrogen and oxygen atoms in total. The minimum Gasteiger partial charge on any atom is -0.870 e. The van der Waals surface area contributed by atoms with Crippen molar-refractivity contribution < 1.29 is 54.6 Å². The first-order valence-electron chi connectivity index (χ1n) is 12.6. The van der Waals surface area contributed by atoms with E-state index >= 15 is 0 Å². The molecule has 0 fully saturated rings. The van der Waals surface area contributed by atoms with Gasteiger partial charge in [0, 0.05) is 0 Å². The fourth-order valence-electron chi connectivity index (χ4n) is 3.31. The van der Waals surface area contributed by atoms with E-state index < -0.39 is 15.7 Å². The molecule has 0 unspecified atom stereocenters. The van der Waals surface area contributed by atoms with Gasteiger partial charge in [-0.25, -0.2) is 0 Å². The maximum Gasteiger partial charge on any atom is 2.00 e. The van der Waals surface area contributed by atoms with Crippen molar-refractivity contribution in [3.05, 3.63) is 120 Å². The van der Waals surface area contributed by atoms with E-state index in [1.807, 2.05) is 48.5 Å². The quantitative estimate of drug-likeness (QED) is 0.120. The Morgan fingerprint density at radius 2 is 1.00 bits per heavy atom. The SMILES string of the molecule is CC(C)=O.Cc1ccc(C(C)C)cc1.F[P-](F)(F)(F)(F)F.[O-]c1ccccc1[PH+](c1ccccc1)c1ccccc1.[Ru+2]. The van der Waals surface area contributed by atoms with Gasteiger partial charge in [-0.2, -0.15) is 0 Å². The number of carbonyl (C=O) groups excluding carboxylic acids is 1. The van der Waals surface area contributed by atoms with Gasteiger partial charge < -0.3 is 9.90 Å².